The summed E-state index contributed by atoms with van der Waals surface area (Å²) in [6.07, 6.45) is 3.97. The highest BCUT2D eigenvalue weighted by Crippen LogP contribution is 2.20. The van der Waals surface area contributed by atoms with Crippen LogP contribution in [0.25, 0.3) is 5.65 Å². The van der Waals surface area contributed by atoms with Crippen LogP contribution in [0.4, 0.5) is 0 Å². The molecule has 134 valence electrons. The molecule has 1 aliphatic rings. The first-order valence-electron chi connectivity index (χ1n) is 8.57. The maximum absolute atomic E-state index is 12.7. The predicted molar refractivity (Wildman–Crippen MR) is 94.8 cm³/mol. The Bertz CT molecular complexity index is 1080. The van der Waals surface area contributed by atoms with Crippen molar-refractivity contribution in [3.8, 4) is 0 Å². The van der Waals surface area contributed by atoms with Gasteiger partial charge in [0.1, 0.15) is 6.54 Å². The lowest BCUT2D eigenvalue weighted by Gasteiger charge is -2.29. The molecule has 0 spiro atoms. The Morgan fingerprint density at radius 2 is 2.04 bits per heavy atom. The van der Waals surface area contributed by atoms with Crippen LogP contribution in [0.2, 0.25) is 0 Å². The van der Waals surface area contributed by atoms with E-state index in [0.717, 1.165) is 22.6 Å². The monoisotopic (exact) mass is 352 g/mol. The molecule has 0 aliphatic carbocycles. The lowest BCUT2D eigenvalue weighted by molar-refractivity contribution is -0.132. The molecule has 0 unspecified atom stereocenters. The van der Waals surface area contributed by atoms with E-state index < -0.39 is 0 Å². The smallest absolute Gasteiger partial charge is 0.256 e. The first-order chi connectivity index (χ1) is 12.4. The van der Waals surface area contributed by atoms with Crippen LogP contribution < -0.4 is 5.56 Å². The van der Waals surface area contributed by atoms with Crippen molar-refractivity contribution in [1.82, 2.24) is 29.0 Å². The molecule has 8 nitrogen and oxygen atoms in total. The van der Waals surface area contributed by atoms with E-state index in [2.05, 4.69) is 15.1 Å². The maximum Gasteiger partial charge on any atom is 0.256 e. The van der Waals surface area contributed by atoms with E-state index in [1.54, 1.807) is 18.7 Å². The number of hydrogen-bond acceptors (Lipinski definition) is 5. The van der Waals surface area contributed by atoms with Gasteiger partial charge in [-0.1, -0.05) is 0 Å². The Kier molecular flexibility index (Phi) is 3.82. The summed E-state index contributed by atoms with van der Waals surface area (Å²) in [5.41, 5.74) is 4.93. The molecule has 4 heterocycles. The van der Waals surface area contributed by atoms with Gasteiger partial charge in [-0.2, -0.15) is 5.10 Å². The molecule has 1 aliphatic heterocycles. The third-order valence-electron chi connectivity index (χ3n) is 4.94. The molecule has 4 rings (SSSR count). The summed E-state index contributed by atoms with van der Waals surface area (Å²) in [6, 6.07) is 1.94. The molecule has 0 bridgehead atoms. The Morgan fingerprint density at radius 1 is 1.23 bits per heavy atom. The summed E-state index contributed by atoms with van der Waals surface area (Å²) in [4.78, 5) is 35.3. The molecule has 26 heavy (non-hydrogen) atoms. The van der Waals surface area contributed by atoms with Crippen molar-refractivity contribution in [3.05, 3.63) is 57.2 Å². The molecule has 0 N–H and O–H groups in total. The molecule has 3 aromatic rings. The topological polar surface area (TPSA) is 85.4 Å². The quantitative estimate of drug-likeness (QED) is 0.681. The Morgan fingerprint density at radius 3 is 2.85 bits per heavy atom. The average molecular weight is 352 g/mol. The third kappa shape index (κ3) is 2.67. The number of hydrogen-bond donors (Lipinski definition) is 0. The van der Waals surface area contributed by atoms with E-state index in [-0.39, 0.29) is 18.0 Å². The van der Waals surface area contributed by atoms with E-state index in [9.17, 15) is 9.59 Å². The van der Waals surface area contributed by atoms with E-state index in [1.165, 1.54) is 10.9 Å². The summed E-state index contributed by atoms with van der Waals surface area (Å²) in [6.45, 7) is 6.52. The van der Waals surface area contributed by atoms with Crippen LogP contribution in [-0.2, 0) is 24.3 Å². The van der Waals surface area contributed by atoms with Crippen LogP contribution in [0, 0.1) is 20.8 Å². The van der Waals surface area contributed by atoms with Crippen LogP contribution >= 0.6 is 0 Å². The van der Waals surface area contributed by atoms with Crippen LogP contribution in [0.3, 0.4) is 0 Å². The minimum Gasteiger partial charge on any atom is -0.336 e. The zero-order valence-electron chi connectivity index (χ0n) is 15.1. The van der Waals surface area contributed by atoms with Gasteiger partial charge in [0, 0.05) is 48.6 Å². The minimum absolute atomic E-state index is 0.00115. The Hall–Kier alpha value is -3.03. The van der Waals surface area contributed by atoms with E-state index >= 15 is 0 Å². The van der Waals surface area contributed by atoms with Crippen molar-refractivity contribution in [3.63, 3.8) is 0 Å². The number of carbonyl (C=O) groups excluding carboxylic acids is 1. The first kappa shape index (κ1) is 16.4. The average Bonchev–Trinajstić information content (AvgIpc) is 3.02. The first-order valence-corrected chi connectivity index (χ1v) is 8.57. The minimum atomic E-state index is -0.168. The van der Waals surface area contributed by atoms with Crippen molar-refractivity contribution in [2.75, 3.05) is 6.54 Å². The fourth-order valence-electron chi connectivity index (χ4n) is 3.30. The van der Waals surface area contributed by atoms with Gasteiger partial charge in [-0.05, 0) is 20.8 Å². The number of rotatable bonds is 2. The van der Waals surface area contributed by atoms with E-state index in [1.807, 2.05) is 23.7 Å². The second kappa shape index (κ2) is 6.05. The van der Waals surface area contributed by atoms with Gasteiger partial charge in [0.15, 0.2) is 5.65 Å². The van der Waals surface area contributed by atoms with Crippen molar-refractivity contribution >= 4 is 11.6 Å². The van der Waals surface area contributed by atoms with Gasteiger partial charge in [-0.15, -0.1) is 0 Å². The summed E-state index contributed by atoms with van der Waals surface area (Å²) in [5, 5.41) is 4.49. The largest absolute Gasteiger partial charge is 0.336 e. The zero-order chi connectivity index (χ0) is 18.4. The van der Waals surface area contributed by atoms with Crippen molar-refractivity contribution < 1.29 is 4.79 Å². The Balaban J connectivity index is 1.57. The molecule has 3 aromatic heterocycles. The van der Waals surface area contributed by atoms with E-state index in [4.69, 9.17) is 0 Å². The third-order valence-corrected chi connectivity index (χ3v) is 4.94. The second-order valence-corrected chi connectivity index (χ2v) is 6.74. The summed E-state index contributed by atoms with van der Waals surface area (Å²) < 4.78 is 3.24. The summed E-state index contributed by atoms with van der Waals surface area (Å²) in [7, 11) is 0. The van der Waals surface area contributed by atoms with Crippen LogP contribution in [0.15, 0.2) is 23.4 Å². The predicted octanol–water partition coefficient (Wildman–Crippen LogP) is 0.796. The summed E-state index contributed by atoms with van der Waals surface area (Å²) in [5.74, 6) is -0.0976. The van der Waals surface area contributed by atoms with Gasteiger partial charge in [0.05, 0.1) is 17.7 Å². The highest BCUT2D eigenvalue weighted by Gasteiger charge is 2.24. The molecule has 0 aromatic carbocycles. The van der Waals surface area contributed by atoms with Crippen molar-refractivity contribution in [2.45, 2.75) is 40.3 Å². The van der Waals surface area contributed by atoms with Crippen molar-refractivity contribution in [2.24, 2.45) is 0 Å². The molecule has 0 radical (unpaired) electrons. The van der Waals surface area contributed by atoms with Crippen LogP contribution in [0.1, 0.15) is 28.2 Å². The molecular weight excluding hydrogens is 332 g/mol. The normalized spacial score (nSPS) is 13.9. The zero-order valence-corrected chi connectivity index (χ0v) is 15.1. The molecule has 0 saturated heterocycles. The molecule has 8 heteroatoms. The van der Waals surface area contributed by atoms with Gasteiger partial charge < -0.3 is 4.90 Å². The number of carbonyl (C=O) groups is 1. The standard InChI is InChI=1S/C18H20N6O2/c1-11-6-16-19-7-14-8-22(5-4-15(14)24(16)21-11)17(25)9-23-10-20-13(3)12(2)18(23)26/h6-7,10H,4-5,8-9H2,1-3H3. The molecule has 0 fully saturated rings. The number of aromatic nitrogens is 5. The van der Waals surface area contributed by atoms with E-state index in [0.29, 0.717) is 30.8 Å². The lowest BCUT2D eigenvalue weighted by atomic mass is 10.1. The van der Waals surface area contributed by atoms with Crippen LogP contribution in [0.5, 0.6) is 0 Å². The van der Waals surface area contributed by atoms with Gasteiger partial charge in [-0.25, -0.2) is 14.5 Å². The second-order valence-electron chi connectivity index (χ2n) is 6.74. The Labute approximate surface area is 150 Å². The highest BCUT2D eigenvalue weighted by molar-refractivity contribution is 5.76. The number of aryl methyl sites for hydroxylation is 2. The molecule has 0 atom stereocenters. The maximum atomic E-state index is 12.7. The SMILES string of the molecule is Cc1cc2ncc3c(n2n1)CCN(C(=O)Cn1cnc(C)c(C)c1=O)C3. The number of amides is 1. The summed E-state index contributed by atoms with van der Waals surface area (Å²) >= 11 is 0. The van der Waals surface area contributed by atoms with Crippen LogP contribution in [-0.4, -0.2) is 41.5 Å². The van der Waals surface area contributed by atoms with Gasteiger partial charge >= 0.3 is 0 Å². The van der Waals surface area contributed by atoms with Crippen molar-refractivity contribution in [1.29, 1.82) is 0 Å². The van der Waals surface area contributed by atoms with Gasteiger partial charge in [0.2, 0.25) is 5.91 Å². The molecular formula is C18H20N6O2. The molecule has 0 saturated carbocycles. The number of nitrogens with zero attached hydrogens (tertiary/aromatic N) is 6. The highest BCUT2D eigenvalue weighted by atomic mass is 16.2. The number of fused-ring (bicyclic) bond motifs is 3. The fourth-order valence-corrected chi connectivity index (χ4v) is 3.30. The lowest BCUT2D eigenvalue weighted by Crippen LogP contribution is -2.40. The fraction of sp³-hybridized carbons (Fsp3) is 0.389. The van der Waals surface area contributed by atoms with Gasteiger partial charge in [0.25, 0.3) is 5.56 Å². The van der Waals surface area contributed by atoms with Gasteiger partial charge in [-0.3, -0.25) is 14.2 Å². The molecule has 1 amide bonds.